The van der Waals surface area contributed by atoms with E-state index in [4.69, 9.17) is 0 Å². The Labute approximate surface area is 90.7 Å². The van der Waals surface area contributed by atoms with Gasteiger partial charge in [-0.2, -0.15) is 0 Å². The fourth-order valence-corrected chi connectivity index (χ4v) is 2.60. The summed E-state index contributed by atoms with van der Waals surface area (Å²) >= 11 is 0. The number of hydrogen-bond acceptors (Lipinski definition) is 2. The minimum Gasteiger partial charge on any atom is -0.299 e. The summed E-state index contributed by atoms with van der Waals surface area (Å²) in [7, 11) is 0. The molecule has 0 aromatic carbocycles. The quantitative estimate of drug-likeness (QED) is 0.756. The van der Waals surface area contributed by atoms with Gasteiger partial charge in [-0.15, -0.1) is 0 Å². The lowest BCUT2D eigenvalue weighted by molar-refractivity contribution is -0.121. The Morgan fingerprint density at radius 3 is 2.80 bits per heavy atom. The molecule has 0 unspecified atom stereocenters. The van der Waals surface area contributed by atoms with Crippen LogP contribution in [0.15, 0.2) is 24.5 Å². The van der Waals surface area contributed by atoms with E-state index in [1.807, 2.05) is 12.4 Å². The van der Waals surface area contributed by atoms with Crippen LogP contribution in [0.2, 0.25) is 0 Å². The summed E-state index contributed by atoms with van der Waals surface area (Å²) in [5.41, 5.74) is 1.31. The van der Waals surface area contributed by atoms with Crippen molar-refractivity contribution in [3.05, 3.63) is 30.1 Å². The number of nitrogens with zero attached hydrogens (tertiary/aromatic N) is 1. The van der Waals surface area contributed by atoms with Crippen LogP contribution >= 0.6 is 0 Å². The van der Waals surface area contributed by atoms with Gasteiger partial charge >= 0.3 is 0 Å². The van der Waals surface area contributed by atoms with Crippen molar-refractivity contribution in [2.24, 2.45) is 11.8 Å². The first-order chi connectivity index (χ1) is 7.31. The highest BCUT2D eigenvalue weighted by atomic mass is 16.1. The second-order valence-corrected chi connectivity index (χ2v) is 4.34. The molecule has 0 saturated heterocycles. The smallest absolute Gasteiger partial charge is 0.136 e. The van der Waals surface area contributed by atoms with Crippen LogP contribution in [0.3, 0.4) is 0 Å². The van der Waals surface area contributed by atoms with Crippen molar-refractivity contribution in [3.8, 4) is 0 Å². The lowest BCUT2D eigenvalue weighted by Crippen LogP contribution is -2.15. The van der Waals surface area contributed by atoms with Gasteiger partial charge in [0.15, 0.2) is 0 Å². The molecular formula is C13H17NO. The number of carbonyl (C=O) groups excluding carboxylic acids is 1. The second-order valence-electron chi connectivity index (χ2n) is 4.34. The molecule has 0 amide bonds. The molecule has 0 bridgehead atoms. The van der Waals surface area contributed by atoms with Gasteiger partial charge in [0.25, 0.3) is 0 Å². The molecule has 2 rings (SSSR count). The van der Waals surface area contributed by atoms with E-state index in [2.05, 4.69) is 24.0 Å². The average Bonchev–Trinajstić information content (AvgIpc) is 2.61. The number of rotatable bonds is 3. The number of pyridine rings is 1. The van der Waals surface area contributed by atoms with Crippen molar-refractivity contribution in [3.63, 3.8) is 0 Å². The van der Waals surface area contributed by atoms with Gasteiger partial charge in [-0.25, -0.2) is 0 Å². The van der Waals surface area contributed by atoms with Gasteiger partial charge in [0.2, 0.25) is 0 Å². The lowest BCUT2D eigenvalue weighted by Gasteiger charge is -2.16. The van der Waals surface area contributed by atoms with Crippen LogP contribution in [0.4, 0.5) is 0 Å². The van der Waals surface area contributed by atoms with E-state index in [0.717, 1.165) is 25.7 Å². The van der Waals surface area contributed by atoms with E-state index in [9.17, 15) is 4.79 Å². The third kappa shape index (κ3) is 2.25. The van der Waals surface area contributed by atoms with Crippen LogP contribution in [0.25, 0.3) is 0 Å². The van der Waals surface area contributed by atoms with E-state index in [1.54, 1.807) is 0 Å². The first-order valence-electron chi connectivity index (χ1n) is 5.73. The molecule has 2 heteroatoms. The third-order valence-electron chi connectivity index (χ3n) is 3.43. The van der Waals surface area contributed by atoms with Crippen LogP contribution in [0.1, 0.15) is 31.7 Å². The summed E-state index contributed by atoms with van der Waals surface area (Å²) in [5.74, 6) is 1.33. The zero-order valence-electron chi connectivity index (χ0n) is 9.15. The van der Waals surface area contributed by atoms with Gasteiger partial charge < -0.3 is 0 Å². The molecule has 1 aromatic heterocycles. The van der Waals surface area contributed by atoms with E-state index >= 15 is 0 Å². The van der Waals surface area contributed by atoms with Crippen LogP contribution < -0.4 is 0 Å². The Kier molecular flexibility index (Phi) is 3.14. The highest BCUT2D eigenvalue weighted by molar-refractivity contribution is 5.83. The molecule has 1 fully saturated rings. The fraction of sp³-hybridized carbons (Fsp3) is 0.538. The van der Waals surface area contributed by atoms with Crippen LogP contribution in [-0.4, -0.2) is 10.8 Å². The SMILES string of the molecule is CC[C@H]1C(=O)CC[C@@H]1Cc1ccncc1. The minimum atomic E-state index is 0.304. The van der Waals surface area contributed by atoms with Gasteiger partial charge in [-0.05, 0) is 42.9 Å². The van der Waals surface area contributed by atoms with Crippen LogP contribution in [0, 0.1) is 11.8 Å². The van der Waals surface area contributed by atoms with Crippen LogP contribution in [-0.2, 0) is 11.2 Å². The summed E-state index contributed by atoms with van der Waals surface area (Å²) in [6, 6.07) is 4.10. The van der Waals surface area contributed by atoms with Crippen molar-refractivity contribution in [2.75, 3.05) is 0 Å². The molecular weight excluding hydrogens is 186 g/mol. The number of Topliss-reactive ketones (excluding diaryl/α,β-unsaturated/α-hetero) is 1. The number of hydrogen-bond donors (Lipinski definition) is 0. The molecule has 80 valence electrons. The Bertz CT molecular complexity index is 334. The van der Waals surface area contributed by atoms with Crippen molar-refractivity contribution in [1.82, 2.24) is 4.98 Å². The Morgan fingerprint density at radius 1 is 1.40 bits per heavy atom. The lowest BCUT2D eigenvalue weighted by atomic mass is 9.88. The zero-order valence-corrected chi connectivity index (χ0v) is 9.15. The topological polar surface area (TPSA) is 30.0 Å². The number of aromatic nitrogens is 1. The molecule has 15 heavy (non-hydrogen) atoms. The molecule has 1 aliphatic carbocycles. The maximum Gasteiger partial charge on any atom is 0.136 e. The highest BCUT2D eigenvalue weighted by Crippen LogP contribution is 2.33. The van der Waals surface area contributed by atoms with E-state index in [1.165, 1.54) is 5.56 Å². The van der Waals surface area contributed by atoms with E-state index in [0.29, 0.717) is 17.6 Å². The largest absolute Gasteiger partial charge is 0.299 e. The first kappa shape index (κ1) is 10.3. The van der Waals surface area contributed by atoms with E-state index < -0.39 is 0 Å². The molecule has 0 spiro atoms. The van der Waals surface area contributed by atoms with Gasteiger partial charge in [0.1, 0.15) is 5.78 Å². The van der Waals surface area contributed by atoms with Crippen molar-refractivity contribution in [1.29, 1.82) is 0 Å². The summed E-state index contributed by atoms with van der Waals surface area (Å²) in [6.45, 7) is 2.12. The molecule has 2 atom stereocenters. The number of carbonyl (C=O) groups is 1. The van der Waals surface area contributed by atoms with Gasteiger partial charge in [0, 0.05) is 24.7 Å². The maximum absolute atomic E-state index is 11.6. The average molecular weight is 203 g/mol. The highest BCUT2D eigenvalue weighted by Gasteiger charge is 2.32. The summed E-state index contributed by atoms with van der Waals surface area (Å²) in [4.78, 5) is 15.6. The molecule has 1 saturated carbocycles. The minimum absolute atomic E-state index is 0.304. The van der Waals surface area contributed by atoms with Crippen LogP contribution in [0.5, 0.6) is 0 Å². The van der Waals surface area contributed by atoms with Crippen molar-refractivity contribution < 1.29 is 4.79 Å². The normalized spacial score (nSPS) is 25.8. The number of ketones is 1. The van der Waals surface area contributed by atoms with Crippen molar-refractivity contribution >= 4 is 5.78 Å². The Morgan fingerprint density at radius 2 is 2.13 bits per heavy atom. The van der Waals surface area contributed by atoms with Gasteiger partial charge in [-0.1, -0.05) is 6.92 Å². The Balaban J connectivity index is 2.04. The summed E-state index contributed by atoms with van der Waals surface area (Å²) < 4.78 is 0. The molecule has 1 aliphatic rings. The molecule has 0 aliphatic heterocycles. The molecule has 0 radical (unpaired) electrons. The third-order valence-corrected chi connectivity index (χ3v) is 3.43. The monoisotopic (exact) mass is 203 g/mol. The second kappa shape index (κ2) is 4.56. The summed E-state index contributed by atoms with van der Waals surface area (Å²) in [5, 5.41) is 0. The first-order valence-corrected chi connectivity index (χ1v) is 5.73. The molecule has 2 nitrogen and oxygen atoms in total. The van der Waals surface area contributed by atoms with Gasteiger partial charge in [-0.3, -0.25) is 9.78 Å². The van der Waals surface area contributed by atoms with E-state index in [-0.39, 0.29) is 0 Å². The fourth-order valence-electron chi connectivity index (χ4n) is 2.60. The zero-order chi connectivity index (χ0) is 10.7. The molecule has 0 N–H and O–H groups in total. The predicted molar refractivity (Wildman–Crippen MR) is 59.5 cm³/mol. The maximum atomic E-state index is 11.6. The molecule has 1 aromatic rings. The molecule has 1 heterocycles. The predicted octanol–water partition coefficient (Wildman–Crippen LogP) is 2.63. The van der Waals surface area contributed by atoms with Gasteiger partial charge in [0.05, 0.1) is 0 Å². The van der Waals surface area contributed by atoms with Crippen molar-refractivity contribution in [2.45, 2.75) is 32.6 Å². The standard InChI is InChI=1S/C13H17NO/c1-2-12-11(3-4-13(12)15)9-10-5-7-14-8-6-10/h5-8,11-12H,2-4,9H2,1H3/t11-,12-/m1/s1. The summed E-state index contributed by atoms with van der Waals surface area (Å²) in [6.07, 6.45) is 7.54. The Hall–Kier alpha value is -1.18.